The zero-order valence-electron chi connectivity index (χ0n) is 8.44. The van der Waals surface area contributed by atoms with Crippen molar-refractivity contribution in [1.82, 2.24) is 25.4 Å². The number of nitrogens with two attached hydrogens (primary N) is 1. The van der Waals surface area contributed by atoms with Gasteiger partial charge in [0, 0.05) is 18.0 Å². The number of hydrogen-bond donors (Lipinski definition) is 1. The summed E-state index contributed by atoms with van der Waals surface area (Å²) in [6, 6.07) is 3.53. The Morgan fingerprint density at radius 3 is 2.59 bits per heavy atom. The van der Waals surface area contributed by atoms with Crippen molar-refractivity contribution in [3.8, 4) is 23.0 Å². The highest BCUT2D eigenvalue weighted by Gasteiger charge is 2.17. The molecule has 0 amide bonds. The van der Waals surface area contributed by atoms with Gasteiger partial charge < -0.3 is 10.3 Å². The minimum atomic E-state index is 0.106. The Kier molecular flexibility index (Phi) is 2.04. The van der Waals surface area contributed by atoms with Gasteiger partial charge in [-0.25, -0.2) is 4.63 Å². The largest absolute Gasteiger partial charge is 0.379 e. The summed E-state index contributed by atoms with van der Waals surface area (Å²) in [6.07, 6.45) is 3.27. The van der Waals surface area contributed by atoms with Crippen LogP contribution in [0.25, 0.3) is 23.0 Å². The maximum absolute atomic E-state index is 5.52. The third kappa shape index (κ3) is 1.61. The molecule has 3 heterocycles. The minimum Gasteiger partial charge on any atom is -0.379 e. The van der Waals surface area contributed by atoms with Crippen LogP contribution in [0.2, 0.25) is 0 Å². The zero-order chi connectivity index (χ0) is 11.7. The highest BCUT2D eigenvalue weighted by atomic mass is 16.6. The molecule has 0 saturated heterocycles. The number of nitrogen functional groups attached to an aromatic ring is 1. The number of pyridine rings is 1. The molecule has 84 valence electrons. The maximum atomic E-state index is 5.52. The fourth-order valence-electron chi connectivity index (χ4n) is 1.28. The van der Waals surface area contributed by atoms with Crippen LogP contribution in [0, 0.1) is 0 Å². The van der Waals surface area contributed by atoms with Gasteiger partial charge in [-0.15, -0.1) is 0 Å². The Morgan fingerprint density at radius 2 is 1.88 bits per heavy atom. The topological polar surface area (TPSA) is 117 Å². The lowest BCUT2D eigenvalue weighted by molar-refractivity contribution is 0.308. The van der Waals surface area contributed by atoms with Crippen LogP contribution in [0.4, 0.5) is 5.82 Å². The molecule has 0 spiro atoms. The molecule has 0 aliphatic heterocycles. The molecule has 3 aromatic heterocycles. The van der Waals surface area contributed by atoms with Crippen molar-refractivity contribution in [2.75, 3.05) is 5.73 Å². The fourth-order valence-corrected chi connectivity index (χ4v) is 1.28. The Labute approximate surface area is 94.4 Å². The average Bonchev–Trinajstić information content (AvgIpc) is 2.98. The van der Waals surface area contributed by atoms with Gasteiger partial charge in [0.25, 0.3) is 5.89 Å². The van der Waals surface area contributed by atoms with Gasteiger partial charge >= 0.3 is 0 Å². The van der Waals surface area contributed by atoms with Crippen LogP contribution in [-0.4, -0.2) is 25.4 Å². The van der Waals surface area contributed by atoms with E-state index in [2.05, 4.69) is 30.1 Å². The van der Waals surface area contributed by atoms with Crippen molar-refractivity contribution in [3.63, 3.8) is 0 Å². The third-order valence-electron chi connectivity index (χ3n) is 2.08. The molecule has 8 nitrogen and oxygen atoms in total. The highest BCUT2D eigenvalue weighted by molar-refractivity contribution is 5.63. The van der Waals surface area contributed by atoms with Crippen LogP contribution >= 0.6 is 0 Å². The zero-order valence-corrected chi connectivity index (χ0v) is 8.44. The van der Waals surface area contributed by atoms with E-state index in [0.29, 0.717) is 5.82 Å². The standard InChI is InChI=1S/C9H6N6O2/c10-7-6(13-17-14-7)9-12-8(15-16-9)5-1-3-11-4-2-5/h1-4H,(H2,10,14). The van der Waals surface area contributed by atoms with E-state index in [1.165, 1.54) is 0 Å². The smallest absolute Gasteiger partial charge is 0.284 e. The number of anilines is 1. The van der Waals surface area contributed by atoms with Crippen LogP contribution in [0.15, 0.2) is 33.7 Å². The second-order valence-corrected chi connectivity index (χ2v) is 3.16. The summed E-state index contributed by atoms with van der Waals surface area (Å²) in [7, 11) is 0. The van der Waals surface area contributed by atoms with Crippen LogP contribution < -0.4 is 5.73 Å². The van der Waals surface area contributed by atoms with Crippen molar-refractivity contribution in [2.24, 2.45) is 0 Å². The van der Waals surface area contributed by atoms with Gasteiger partial charge in [-0.2, -0.15) is 4.98 Å². The van der Waals surface area contributed by atoms with Crippen LogP contribution in [0.1, 0.15) is 0 Å². The maximum Gasteiger partial charge on any atom is 0.284 e. The summed E-state index contributed by atoms with van der Waals surface area (Å²) in [5.41, 5.74) is 6.53. The Balaban J connectivity index is 2.02. The van der Waals surface area contributed by atoms with E-state index < -0.39 is 0 Å². The van der Waals surface area contributed by atoms with E-state index in [9.17, 15) is 0 Å². The first kappa shape index (κ1) is 9.46. The minimum absolute atomic E-state index is 0.106. The molecule has 0 atom stereocenters. The first-order valence-electron chi connectivity index (χ1n) is 4.67. The summed E-state index contributed by atoms with van der Waals surface area (Å²) in [5.74, 6) is 0.690. The van der Waals surface area contributed by atoms with E-state index in [1.54, 1.807) is 24.5 Å². The predicted molar refractivity (Wildman–Crippen MR) is 55.2 cm³/mol. The first-order chi connectivity index (χ1) is 8.34. The molecule has 0 saturated carbocycles. The van der Waals surface area contributed by atoms with Gasteiger partial charge in [0.05, 0.1) is 0 Å². The quantitative estimate of drug-likeness (QED) is 0.685. The summed E-state index contributed by atoms with van der Waals surface area (Å²) in [5, 5.41) is 10.8. The predicted octanol–water partition coefficient (Wildman–Crippen LogP) is 0.764. The molecule has 3 aromatic rings. The van der Waals surface area contributed by atoms with Crippen LogP contribution in [0.3, 0.4) is 0 Å². The summed E-state index contributed by atoms with van der Waals surface area (Å²) in [6.45, 7) is 0. The van der Waals surface area contributed by atoms with Crippen molar-refractivity contribution in [2.45, 2.75) is 0 Å². The molecule has 0 aliphatic rings. The highest BCUT2D eigenvalue weighted by Crippen LogP contribution is 2.23. The van der Waals surface area contributed by atoms with Gasteiger partial charge in [-0.05, 0) is 22.4 Å². The van der Waals surface area contributed by atoms with Gasteiger partial charge in [0.15, 0.2) is 0 Å². The van der Waals surface area contributed by atoms with E-state index in [4.69, 9.17) is 10.3 Å². The number of hydrogen-bond acceptors (Lipinski definition) is 8. The first-order valence-corrected chi connectivity index (χ1v) is 4.67. The van der Waals surface area contributed by atoms with Gasteiger partial charge in [0.2, 0.25) is 17.3 Å². The summed E-state index contributed by atoms with van der Waals surface area (Å²) >= 11 is 0. The second kappa shape index (κ2) is 3.67. The van der Waals surface area contributed by atoms with Crippen LogP contribution in [-0.2, 0) is 0 Å². The van der Waals surface area contributed by atoms with E-state index >= 15 is 0 Å². The Hall–Kier alpha value is -2.77. The van der Waals surface area contributed by atoms with Gasteiger partial charge in [0.1, 0.15) is 0 Å². The molecule has 0 aromatic carbocycles. The van der Waals surface area contributed by atoms with Crippen molar-refractivity contribution < 1.29 is 9.15 Å². The molecule has 0 fully saturated rings. The second-order valence-electron chi connectivity index (χ2n) is 3.16. The van der Waals surface area contributed by atoms with Crippen molar-refractivity contribution >= 4 is 5.82 Å². The lowest BCUT2D eigenvalue weighted by atomic mass is 10.2. The molecule has 0 aliphatic carbocycles. The van der Waals surface area contributed by atoms with Crippen molar-refractivity contribution in [1.29, 1.82) is 0 Å². The number of aromatic nitrogens is 5. The molecule has 0 bridgehead atoms. The van der Waals surface area contributed by atoms with E-state index in [-0.39, 0.29) is 17.4 Å². The Morgan fingerprint density at radius 1 is 1.06 bits per heavy atom. The van der Waals surface area contributed by atoms with Crippen molar-refractivity contribution in [3.05, 3.63) is 24.5 Å². The monoisotopic (exact) mass is 230 g/mol. The number of rotatable bonds is 2. The van der Waals surface area contributed by atoms with E-state index in [1.807, 2.05) is 0 Å². The normalized spacial score (nSPS) is 10.6. The van der Waals surface area contributed by atoms with Crippen LogP contribution in [0.5, 0.6) is 0 Å². The molecular formula is C9H6N6O2. The molecule has 0 unspecified atom stereocenters. The van der Waals surface area contributed by atoms with E-state index in [0.717, 1.165) is 5.56 Å². The van der Waals surface area contributed by atoms with Gasteiger partial charge in [-0.1, -0.05) is 5.16 Å². The average molecular weight is 230 g/mol. The molecular weight excluding hydrogens is 224 g/mol. The molecule has 17 heavy (non-hydrogen) atoms. The third-order valence-corrected chi connectivity index (χ3v) is 2.08. The summed E-state index contributed by atoms with van der Waals surface area (Å²) in [4.78, 5) is 8.03. The SMILES string of the molecule is Nc1nonc1-c1nc(-c2ccncc2)no1. The fraction of sp³-hybridized carbons (Fsp3) is 0. The molecule has 0 radical (unpaired) electrons. The summed E-state index contributed by atoms with van der Waals surface area (Å²) < 4.78 is 9.47. The Bertz CT molecular complexity index is 632. The molecule has 3 rings (SSSR count). The molecule has 8 heteroatoms. The molecule has 2 N–H and O–H groups in total. The lowest BCUT2D eigenvalue weighted by Gasteiger charge is -1.89. The number of nitrogens with zero attached hydrogens (tertiary/aromatic N) is 5. The lowest BCUT2D eigenvalue weighted by Crippen LogP contribution is -1.88. The van der Waals surface area contributed by atoms with Gasteiger partial charge in [-0.3, -0.25) is 4.98 Å².